The fraction of sp³-hybridized carbons (Fsp3) is 0.462. The lowest BCUT2D eigenvalue weighted by Crippen LogP contribution is -2.50. The van der Waals surface area contributed by atoms with Crippen LogP contribution in [-0.2, 0) is 4.79 Å². The van der Waals surface area contributed by atoms with Gasteiger partial charge >= 0.3 is 12.0 Å². The normalized spacial score (nSPS) is 10.9. The Morgan fingerprint density at radius 2 is 2.05 bits per heavy atom. The Morgan fingerprint density at radius 1 is 1.42 bits per heavy atom. The van der Waals surface area contributed by atoms with Crippen molar-refractivity contribution in [3.8, 4) is 0 Å². The number of aliphatic carboxylic acids is 1. The zero-order chi connectivity index (χ0) is 14.6. The SMILES string of the molecule is Cc1ncccc1NC(=O)N(CC(=O)O)C(C)(C)C. The highest BCUT2D eigenvalue weighted by molar-refractivity contribution is 5.92. The van der Waals surface area contributed by atoms with Crippen LogP contribution in [0.2, 0.25) is 0 Å². The minimum Gasteiger partial charge on any atom is -0.480 e. The van der Waals surface area contributed by atoms with Crippen LogP contribution in [0.4, 0.5) is 10.5 Å². The number of nitrogens with one attached hydrogen (secondary N) is 1. The maximum Gasteiger partial charge on any atom is 0.323 e. The maximum atomic E-state index is 12.2. The molecule has 0 saturated heterocycles. The lowest BCUT2D eigenvalue weighted by Gasteiger charge is -2.34. The minimum absolute atomic E-state index is 0.353. The minimum atomic E-state index is -1.05. The number of anilines is 1. The topological polar surface area (TPSA) is 82.5 Å². The average molecular weight is 265 g/mol. The van der Waals surface area contributed by atoms with Gasteiger partial charge in [-0.1, -0.05) is 0 Å². The second-order valence-electron chi connectivity index (χ2n) is 5.22. The van der Waals surface area contributed by atoms with Gasteiger partial charge in [0, 0.05) is 11.7 Å². The van der Waals surface area contributed by atoms with Crippen molar-refractivity contribution in [2.45, 2.75) is 33.2 Å². The van der Waals surface area contributed by atoms with E-state index in [0.717, 1.165) is 0 Å². The van der Waals surface area contributed by atoms with Crippen molar-refractivity contribution in [3.05, 3.63) is 24.0 Å². The molecule has 0 spiro atoms. The van der Waals surface area contributed by atoms with Crippen LogP contribution in [-0.4, -0.2) is 39.1 Å². The second-order valence-corrected chi connectivity index (χ2v) is 5.22. The van der Waals surface area contributed by atoms with E-state index >= 15 is 0 Å². The van der Waals surface area contributed by atoms with Crippen molar-refractivity contribution in [1.82, 2.24) is 9.88 Å². The molecule has 0 radical (unpaired) electrons. The Kier molecular flexibility index (Phi) is 4.47. The summed E-state index contributed by atoms with van der Waals surface area (Å²) >= 11 is 0. The molecule has 0 atom stereocenters. The van der Waals surface area contributed by atoms with Crippen molar-refractivity contribution in [3.63, 3.8) is 0 Å². The number of aryl methyl sites for hydroxylation is 1. The molecule has 1 rings (SSSR count). The molecule has 1 aromatic rings. The summed E-state index contributed by atoms with van der Waals surface area (Å²) < 4.78 is 0. The zero-order valence-electron chi connectivity index (χ0n) is 11.6. The van der Waals surface area contributed by atoms with Crippen LogP contribution in [0.5, 0.6) is 0 Å². The van der Waals surface area contributed by atoms with Gasteiger partial charge in [0.1, 0.15) is 6.54 Å². The predicted octanol–water partition coefficient (Wildman–Crippen LogP) is 2.11. The molecule has 2 amide bonds. The Bertz CT molecular complexity index is 480. The number of nitrogens with zero attached hydrogens (tertiary/aromatic N) is 2. The summed E-state index contributed by atoms with van der Waals surface area (Å²) in [5, 5.41) is 11.6. The van der Waals surface area contributed by atoms with E-state index in [1.54, 1.807) is 46.0 Å². The van der Waals surface area contributed by atoms with E-state index in [1.807, 2.05) is 0 Å². The molecule has 19 heavy (non-hydrogen) atoms. The lowest BCUT2D eigenvalue weighted by atomic mass is 10.1. The number of pyridine rings is 1. The highest BCUT2D eigenvalue weighted by Gasteiger charge is 2.28. The third kappa shape index (κ3) is 4.24. The first-order valence-corrected chi connectivity index (χ1v) is 5.94. The molecule has 104 valence electrons. The van der Waals surface area contributed by atoms with Crippen molar-refractivity contribution in [1.29, 1.82) is 0 Å². The third-order valence-corrected chi connectivity index (χ3v) is 2.60. The number of urea groups is 1. The van der Waals surface area contributed by atoms with E-state index in [4.69, 9.17) is 5.11 Å². The van der Waals surface area contributed by atoms with E-state index < -0.39 is 17.5 Å². The molecule has 0 bridgehead atoms. The molecule has 0 aliphatic rings. The number of rotatable bonds is 3. The van der Waals surface area contributed by atoms with Crippen molar-refractivity contribution < 1.29 is 14.7 Å². The lowest BCUT2D eigenvalue weighted by molar-refractivity contribution is -0.138. The molecule has 0 unspecified atom stereocenters. The molecule has 0 fully saturated rings. The van der Waals surface area contributed by atoms with E-state index in [-0.39, 0.29) is 6.54 Å². The highest BCUT2D eigenvalue weighted by Crippen LogP contribution is 2.17. The van der Waals surface area contributed by atoms with Crippen LogP contribution >= 0.6 is 0 Å². The van der Waals surface area contributed by atoms with Gasteiger partial charge in [0.15, 0.2) is 0 Å². The monoisotopic (exact) mass is 265 g/mol. The van der Waals surface area contributed by atoms with Gasteiger partial charge in [-0.15, -0.1) is 0 Å². The Labute approximate surface area is 112 Å². The first-order valence-electron chi connectivity index (χ1n) is 5.94. The quantitative estimate of drug-likeness (QED) is 0.876. The molecule has 0 aliphatic carbocycles. The first-order chi connectivity index (χ1) is 8.71. The molecule has 0 aromatic carbocycles. The van der Waals surface area contributed by atoms with Gasteiger partial charge in [-0.3, -0.25) is 9.78 Å². The van der Waals surface area contributed by atoms with Gasteiger partial charge in [0.05, 0.1) is 11.4 Å². The van der Waals surface area contributed by atoms with Crippen LogP contribution in [0, 0.1) is 6.92 Å². The summed E-state index contributed by atoms with van der Waals surface area (Å²) in [6, 6.07) is 2.98. The van der Waals surface area contributed by atoms with Crippen LogP contribution in [0.1, 0.15) is 26.5 Å². The number of carboxylic acid groups (broad SMARTS) is 1. The van der Waals surface area contributed by atoms with Crippen LogP contribution in [0.3, 0.4) is 0 Å². The molecule has 6 nitrogen and oxygen atoms in total. The van der Waals surface area contributed by atoms with E-state index in [2.05, 4.69) is 10.3 Å². The summed E-state index contributed by atoms with van der Waals surface area (Å²) in [5.41, 5.74) is 0.672. The standard InChI is InChI=1S/C13H19N3O3/c1-9-10(6-5-7-14-9)15-12(19)16(8-11(17)18)13(2,3)4/h5-7H,8H2,1-4H3,(H,15,19)(H,17,18). The number of aromatic nitrogens is 1. The molecule has 6 heteroatoms. The van der Waals surface area contributed by atoms with E-state index in [0.29, 0.717) is 11.4 Å². The van der Waals surface area contributed by atoms with Gasteiger partial charge in [0.25, 0.3) is 0 Å². The fourth-order valence-corrected chi connectivity index (χ4v) is 1.55. The third-order valence-electron chi connectivity index (χ3n) is 2.60. The van der Waals surface area contributed by atoms with E-state index in [9.17, 15) is 9.59 Å². The Hall–Kier alpha value is -2.11. The number of carbonyl (C=O) groups is 2. The molecule has 2 N–H and O–H groups in total. The van der Waals surface area contributed by atoms with Gasteiger partial charge < -0.3 is 15.3 Å². The van der Waals surface area contributed by atoms with Crippen molar-refractivity contribution in [2.75, 3.05) is 11.9 Å². The summed E-state index contributed by atoms with van der Waals surface area (Å²) in [6.07, 6.45) is 1.63. The second kappa shape index (κ2) is 5.69. The van der Waals surface area contributed by atoms with Crippen LogP contribution < -0.4 is 5.32 Å². The Balaban J connectivity index is 2.89. The van der Waals surface area contributed by atoms with Gasteiger partial charge in [0.2, 0.25) is 0 Å². The number of hydrogen-bond donors (Lipinski definition) is 2. The van der Waals surface area contributed by atoms with Gasteiger partial charge in [-0.2, -0.15) is 0 Å². The smallest absolute Gasteiger partial charge is 0.323 e. The van der Waals surface area contributed by atoms with Gasteiger partial charge in [-0.25, -0.2) is 4.79 Å². The number of carboxylic acids is 1. The highest BCUT2D eigenvalue weighted by atomic mass is 16.4. The molecular formula is C13H19N3O3. The van der Waals surface area contributed by atoms with Crippen molar-refractivity contribution >= 4 is 17.7 Å². The summed E-state index contributed by atoms with van der Waals surface area (Å²) in [5.74, 6) is -1.05. The summed E-state index contributed by atoms with van der Waals surface area (Å²) in [6.45, 7) is 6.77. The number of hydrogen-bond acceptors (Lipinski definition) is 3. The molecule has 1 heterocycles. The molecule has 0 aliphatic heterocycles. The Morgan fingerprint density at radius 3 is 2.53 bits per heavy atom. The molecule has 1 aromatic heterocycles. The predicted molar refractivity (Wildman–Crippen MR) is 72.1 cm³/mol. The van der Waals surface area contributed by atoms with Crippen LogP contribution in [0.25, 0.3) is 0 Å². The first kappa shape index (κ1) is 14.9. The molecular weight excluding hydrogens is 246 g/mol. The summed E-state index contributed by atoms with van der Waals surface area (Å²) in [7, 11) is 0. The van der Waals surface area contributed by atoms with E-state index in [1.165, 1.54) is 4.90 Å². The largest absolute Gasteiger partial charge is 0.480 e. The fourth-order valence-electron chi connectivity index (χ4n) is 1.55. The zero-order valence-corrected chi connectivity index (χ0v) is 11.6. The van der Waals surface area contributed by atoms with Gasteiger partial charge in [-0.05, 0) is 39.8 Å². The van der Waals surface area contributed by atoms with Crippen molar-refractivity contribution in [2.24, 2.45) is 0 Å². The van der Waals surface area contributed by atoms with Crippen LogP contribution in [0.15, 0.2) is 18.3 Å². The average Bonchev–Trinajstić information content (AvgIpc) is 2.27. The number of carbonyl (C=O) groups excluding carboxylic acids is 1. The molecule has 0 saturated carbocycles. The maximum absolute atomic E-state index is 12.2. The summed E-state index contributed by atoms with van der Waals surface area (Å²) in [4.78, 5) is 28.3. The number of amides is 2.